The van der Waals surface area contributed by atoms with Gasteiger partial charge >= 0.3 is 0 Å². The van der Waals surface area contributed by atoms with E-state index in [2.05, 4.69) is 10.0 Å². The lowest BCUT2D eigenvalue weighted by molar-refractivity contribution is 0.0748. The van der Waals surface area contributed by atoms with Crippen LogP contribution in [0.3, 0.4) is 0 Å². The summed E-state index contributed by atoms with van der Waals surface area (Å²) in [4.78, 5) is 14.4. The first-order valence-electron chi connectivity index (χ1n) is 7.64. The molecule has 2 unspecified atom stereocenters. The van der Waals surface area contributed by atoms with Crippen LogP contribution in [-0.2, 0) is 10.0 Å². The number of rotatable bonds is 3. The van der Waals surface area contributed by atoms with Gasteiger partial charge in [-0.25, -0.2) is 12.8 Å². The number of likely N-dealkylation sites (tertiary alicyclic amines) is 1. The minimum absolute atomic E-state index is 0.198. The van der Waals surface area contributed by atoms with Crippen molar-refractivity contribution in [1.82, 2.24) is 10.2 Å². The molecule has 2 fully saturated rings. The van der Waals surface area contributed by atoms with Crippen LogP contribution in [0, 0.1) is 5.82 Å². The van der Waals surface area contributed by atoms with E-state index in [1.54, 1.807) is 4.90 Å². The molecule has 6 nitrogen and oxygen atoms in total. The second kappa shape index (κ2) is 6.09. The Hall–Kier alpha value is -1.67. The van der Waals surface area contributed by atoms with Crippen LogP contribution in [-0.4, -0.2) is 50.7 Å². The van der Waals surface area contributed by atoms with Gasteiger partial charge in [-0.2, -0.15) is 0 Å². The molecule has 2 atom stereocenters. The Morgan fingerprint density at radius 2 is 2.04 bits per heavy atom. The largest absolute Gasteiger partial charge is 0.337 e. The highest BCUT2D eigenvalue weighted by Crippen LogP contribution is 2.23. The highest BCUT2D eigenvalue weighted by atomic mass is 32.2. The molecule has 2 bridgehead atoms. The molecule has 3 rings (SSSR count). The Labute approximate surface area is 135 Å². The van der Waals surface area contributed by atoms with E-state index in [1.807, 2.05) is 0 Å². The second-order valence-corrected chi connectivity index (χ2v) is 8.00. The third-order valence-electron chi connectivity index (χ3n) is 4.32. The molecule has 0 saturated carbocycles. The molecule has 23 heavy (non-hydrogen) atoms. The Morgan fingerprint density at radius 3 is 2.78 bits per heavy atom. The molecule has 8 heteroatoms. The molecule has 1 amide bonds. The van der Waals surface area contributed by atoms with E-state index in [0.29, 0.717) is 25.2 Å². The summed E-state index contributed by atoms with van der Waals surface area (Å²) in [6.07, 6.45) is 4.04. The topological polar surface area (TPSA) is 78.5 Å². The van der Waals surface area contributed by atoms with Gasteiger partial charge in [0.1, 0.15) is 5.82 Å². The summed E-state index contributed by atoms with van der Waals surface area (Å²) in [6, 6.07) is 4.54. The molecule has 1 aromatic carbocycles. The first kappa shape index (κ1) is 16.2. The van der Waals surface area contributed by atoms with Crippen molar-refractivity contribution in [2.24, 2.45) is 0 Å². The molecule has 2 aliphatic rings. The van der Waals surface area contributed by atoms with Crippen LogP contribution in [0.2, 0.25) is 0 Å². The number of halogens is 1. The van der Waals surface area contributed by atoms with Gasteiger partial charge < -0.3 is 10.2 Å². The van der Waals surface area contributed by atoms with Crippen molar-refractivity contribution >= 4 is 21.6 Å². The van der Waals surface area contributed by atoms with E-state index in [1.165, 1.54) is 12.1 Å². The summed E-state index contributed by atoms with van der Waals surface area (Å²) >= 11 is 0. The molecular weight excluding hydrogens is 321 g/mol. The standard InChI is InChI=1S/C15H20FN3O3S/c1-23(21,22)18-14-8-10(2-5-13(14)16)15(20)19-7-6-11-3-4-12(9-19)17-11/h2,5,8,11-12,17-18H,3-4,6-7,9H2,1H3. The number of carbonyl (C=O) groups is 1. The maximum atomic E-state index is 13.7. The molecular formula is C15H20FN3O3S. The van der Waals surface area contributed by atoms with Crippen LogP contribution in [0.5, 0.6) is 0 Å². The highest BCUT2D eigenvalue weighted by molar-refractivity contribution is 7.92. The number of anilines is 1. The van der Waals surface area contributed by atoms with Crippen molar-refractivity contribution in [1.29, 1.82) is 0 Å². The monoisotopic (exact) mass is 341 g/mol. The van der Waals surface area contributed by atoms with Gasteiger partial charge in [-0.1, -0.05) is 0 Å². The van der Waals surface area contributed by atoms with Crippen LogP contribution in [0.25, 0.3) is 0 Å². The lowest BCUT2D eigenvalue weighted by Gasteiger charge is -2.24. The van der Waals surface area contributed by atoms with Gasteiger partial charge in [0.25, 0.3) is 5.91 Å². The number of hydrogen-bond donors (Lipinski definition) is 2. The smallest absolute Gasteiger partial charge is 0.253 e. The highest BCUT2D eigenvalue weighted by Gasteiger charge is 2.31. The number of sulfonamides is 1. The molecule has 0 aromatic heterocycles. The summed E-state index contributed by atoms with van der Waals surface area (Å²) in [5.74, 6) is -0.903. The van der Waals surface area contributed by atoms with Gasteiger partial charge in [-0.15, -0.1) is 0 Å². The molecule has 0 radical (unpaired) electrons. The predicted molar refractivity (Wildman–Crippen MR) is 85.3 cm³/mol. The molecule has 1 aromatic rings. The Morgan fingerprint density at radius 1 is 1.30 bits per heavy atom. The molecule has 2 N–H and O–H groups in total. The van der Waals surface area contributed by atoms with E-state index in [-0.39, 0.29) is 17.2 Å². The van der Waals surface area contributed by atoms with Crippen LogP contribution in [0.4, 0.5) is 10.1 Å². The van der Waals surface area contributed by atoms with E-state index < -0.39 is 15.8 Å². The molecule has 126 valence electrons. The lowest BCUT2D eigenvalue weighted by atomic mass is 10.1. The van der Waals surface area contributed by atoms with Gasteiger partial charge in [0.2, 0.25) is 10.0 Å². The van der Waals surface area contributed by atoms with Gasteiger partial charge in [-0.05, 0) is 37.5 Å². The van der Waals surface area contributed by atoms with Crippen molar-refractivity contribution < 1.29 is 17.6 Å². The first-order chi connectivity index (χ1) is 10.8. The molecule has 0 spiro atoms. The fraction of sp³-hybridized carbons (Fsp3) is 0.533. The van der Waals surface area contributed by atoms with Crippen LogP contribution in [0.15, 0.2) is 18.2 Å². The van der Waals surface area contributed by atoms with Gasteiger partial charge in [0, 0.05) is 30.7 Å². The third kappa shape index (κ3) is 3.81. The summed E-state index contributed by atoms with van der Waals surface area (Å²) in [5, 5.41) is 3.50. The zero-order valence-corrected chi connectivity index (χ0v) is 13.7. The van der Waals surface area contributed by atoms with Crippen LogP contribution in [0.1, 0.15) is 29.6 Å². The normalized spacial score (nSPS) is 24.3. The number of fused-ring (bicyclic) bond motifs is 2. The van der Waals surface area contributed by atoms with Crippen molar-refractivity contribution in [3.8, 4) is 0 Å². The summed E-state index contributed by atoms with van der Waals surface area (Å²) < 4.78 is 38.4. The molecule has 2 heterocycles. The maximum Gasteiger partial charge on any atom is 0.253 e. The fourth-order valence-electron chi connectivity index (χ4n) is 3.25. The van der Waals surface area contributed by atoms with Gasteiger partial charge in [0.05, 0.1) is 11.9 Å². The summed E-state index contributed by atoms with van der Waals surface area (Å²) in [6.45, 7) is 1.28. The molecule has 2 saturated heterocycles. The second-order valence-electron chi connectivity index (χ2n) is 6.25. The molecule has 2 aliphatic heterocycles. The Bertz CT molecular complexity index is 723. The summed E-state index contributed by atoms with van der Waals surface area (Å²) in [7, 11) is -3.60. The minimum Gasteiger partial charge on any atom is -0.337 e. The zero-order valence-electron chi connectivity index (χ0n) is 12.9. The number of benzene rings is 1. The Kier molecular flexibility index (Phi) is 4.29. The van der Waals surface area contributed by atoms with Crippen molar-refractivity contribution in [2.45, 2.75) is 31.3 Å². The van der Waals surface area contributed by atoms with Crippen molar-refractivity contribution in [2.75, 3.05) is 24.1 Å². The van der Waals surface area contributed by atoms with E-state index in [4.69, 9.17) is 0 Å². The Balaban J connectivity index is 1.80. The quantitative estimate of drug-likeness (QED) is 0.865. The van der Waals surface area contributed by atoms with E-state index >= 15 is 0 Å². The van der Waals surface area contributed by atoms with Crippen molar-refractivity contribution in [3.63, 3.8) is 0 Å². The fourth-order valence-corrected chi connectivity index (χ4v) is 3.80. The van der Waals surface area contributed by atoms with Gasteiger partial charge in [-0.3, -0.25) is 9.52 Å². The van der Waals surface area contributed by atoms with E-state index in [0.717, 1.165) is 31.6 Å². The van der Waals surface area contributed by atoms with E-state index in [9.17, 15) is 17.6 Å². The SMILES string of the molecule is CS(=O)(=O)Nc1cc(C(=O)N2CCC3CCC(C2)N3)ccc1F. The average Bonchev–Trinajstić information content (AvgIpc) is 2.78. The summed E-state index contributed by atoms with van der Waals surface area (Å²) in [5.41, 5.74) is 0.0862. The van der Waals surface area contributed by atoms with Crippen LogP contribution >= 0.6 is 0 Å². The number of hydrogen-bond acceptors (Lipinski definition) is 4. The number of nitrogens with zero attached hydrogens (tertiary/aromatic N) is 1. The minimum atomic E-state index is -3.60. The number of nitrogens with one attached hydrogen (secondary N) is 2. The average molecular weight is 341 g/mol. The molecule has 0 aliphatic carbocycles. The van der Waals surface area contributed by atoms with Crippen LogP contribution < -0.4 is 10.0 Å². The first-order valence-corrected chi connectivity index (χ1v) is 9.53. The third-order valence-corrected chi connectivity index (χ3v) is 4.91. The maximum absolute atomic E-state index is 13.7. The number of carbonyl (C=O) groups excluding carboxylic acids is 1. The zero-order chi connectivity index (χ0) is 16.6. The predicted octanol–water partition coefficient (Wildman–Crippen LogP) is 1.16. The van der Waals surface area contributed by atoms with Crippen molar-refractivity contribution in [3.05, 3.63) is 29.6 Å². The number of amides is 1. The van der Waals surface area contributed by atoms with Gasteiger partial charge in [0.15, 0.2) is 0 Å². The lowest BCUT2D eigenvalue weighted by Crippen LogP contribution is -2.39.